The molecule has 16 heteroatoms. The van der Waals surface area contributed by atoms with E-state index in [0.29, 0.717) is 0 Å². The molecule has 16 nitrogen and oxygen atoms in total. The zero-order valence-corrected chi connectivity index (χ0v) is 18.9. The summed E-state index contributed by atoms with van der Waals surface area (Å²) in [4.78, 5) is 81.6. The van der Waals surface area contributed by atoms with Gasteiger partial charge in [0.25, 0.3) is 0 Å². The third-order valence-corrected chi connectivity index (χ3v) is 4.64. The second-order valence-electron chi connectivity index (χ2n) is 7.66. The molecule has 0 aromatic rings. The van der Waals surface area contributed by atoms with Crippen molar-refractivity contribution in [3.05, 3.63) is 0 Å². The van der Waals surface area contributed by atoms with E-state index in [9.17, 15) is 38.7 Å². The monoisotopic (exact) mass is 505 g/mol. The first-order valence-corrected chi connectivity index (χ1v) is 10.4. The number of hydrogen-bond acceptors (Lipinski definition) is 9. The number of carbonyl (C=O) groups is 7. The maximum atomic E-state index is 12.8. The number of carbonyl (C=O) groups excluding carboxylic acids is 4. The molecule has 0 radical (unpaired) electrons. The molecule has 5 unspecified atom stereocenters. The van der Waals surface area contributed by atoms with E-state index in [1.54, 1.807) is 0 Å². The van der Waals surface area contributed by atoms with Gasteiger partial charge in [0, 0.05) is 19.3 Å². The van der Waals surface area contributed by atoms with Gasteiger partial charge in [0.2, 0.25) is 23.6 Å². The number of primary amides is 1. The SMILES string of the molecule is CC(O)C(NC(=O)C(CCC(=O)O)NC(=O)C(CCC(=O)O)NC(=O)C(N)CCC(N)=O)C(=O)O. The number of hydrogen-bond donors (Lipinski definition) is 9. The third kappa shape index (κ3) is 12.9. The van der Waals surface area contributed by atoms with Crippen LogP contribution in [-0.2, 0) is 33.6 Å². The van der Waals surface area contributed by atoms with Gasteiger partial charge < -0.3 is 47.8 Å². The Hall–Kier alpha value is -3.79. The highest BCUT2D eigenvalue weighted by Crippen LogP contribution is 2.06. The molecule has 0 spiro atoms. The second kappa shape index (κ2) is 15.2. The molecule has 0 fully saturated rings. The number of rotatable bonds is 17. The molecule has 0 rings (SSSR count). The minimum atomic E-state index is -1.77. The van der Waals surface area contributed by atoms with Gasteiger partial charge in [-0.05, 0) is 26.2 Å². The van der Waals surface area contributed by atoms with Crippen molar-refractivity contribution in [1.29, 1.82) is 0 Å². The van der Waals surface area contributed by atoms with Crippen molar-refractivity contribution in [2.75, 3.05) is 0 Å². The van der Waals surface area contributed by atoms with Gasteiger partial charge >= 0.3 is 17.9 Å². The minimum absolute atomic E-state index is 0.159. The van der Waals surface area contributed by atoms with Gasteiger partial charge in [0.05, 0.1) is 12.1 Å². The summed E-state index contributed by atoms with van der Waals surface area (Å²) in [6, 6.07) is -6.16. The molecule has 0 aliphatic carbocycles. The lowest BCUT2D eigenvalue weighted by Crippen LogP contribution is -2.58. The highest BCUT2D eigenvalue weighted by molar-refractivity contribution is 5.94. The van der Waals surface area contributed by atoms with Gasteiger partial charge in [-0.15, -0.1) is 0 Å². The molecule has 35 heavy (non-hydrogen) atoms. The second-order valence-corrected chi connectivity index (χ2v) is 7.66. The van der Waals surface area contributed by atoms with Crippen molar-refractivity contribution >= 4 is 41.5 Å². The molecule has 0 aliphatic heterocycles. The molecular weight excluding hydrogens is 474 g/mol. The van der Waals surface area contributed by atoms with E-state index < -0.39 is 97.5 Å². The van der Waals surface area contributed by atoms with Crippen LogP contribution in [0.4, 0.5) is 0 Å². The Bertz CT molecular complexity index is 817. The number of aliphatic hydroxyl groups excluding tert-OH is 1. The van der Waals surface area contributed by atoms with Crippen molar-refractivity contribution in [2.45, 2.75) is 75.7 Å². The van der Waals surface area contributed by atoms with E-state index in [2.05, 4.69) is 10.6 Å². The van der Waals surface area contributed by atoms with Crippen LogP contribution in [0.25, 0.3) is 0 Å². The third-order valence-electron chi connectivity index (χ3n) is 4.64. The summed E-state index contributed by atoms with van der Waals surface area (Å²) in [6.45, 7) is 1.09. The largest absolute Gasteiger partial charge is 0.481 e. The first-order valence-electron chi connectivity index (χ1n) is 10.4. The van der Waals surface area contributed by atoms with Crippen LogP contribution in [-0.4, -0.2) is 92.2 Å². The van der Waals surface area contributed by atoms with Crippen LogP contribution in [0.5, 0.6) is 0 Å². The minimum Gasteiger partial charge on any atom is -0.481 e. The van der Waals surface area contributed by atoms with Crippen molar-refractivity contribution < 1.29 is 54.0 Å². The fourth-order valence-corrected chi connectivity index (χ4v) is 2.70. The summed E-state index contributed by atoms with van der Waals surface area (Å²) in [6.07, 6.45) is -4.04. The van der Waals surface area contributed by atoms with Crippen LogP contribution in [0.15, 0.2) is 0 Å². The fraction of sp³-hybridized carbons (Fsp3) is 0.632. The number of carboxylic acid groups (broad SMARTS) is 3. The topological polar surface area (TPSA) is 289 Å². The van der Waals surface area contributed by atoms with E-state index in [1.165, 1.54) is 0 Å². The molecular formula is C19H31N5O11. The summed E-state index contributed by atoms with van der Waals surface area (Å²) in [5.74, 6) is -8.07. The van der Waals surface area contributed by atoms with Crippen LogP contribution >= 0.6 is 0 Å². The standard InChI is InChI=1S/C19H31N5O11/c1-8(25)15(19(34)35)24-18(33)11(4-7-14(29)30)23-17(32)10(3-6-13(27)28)22-16(31)9(20)2-5-12(21)26/h8-11,15,25H,2-7,20H2,1H3,(H2,21,26)(H,22,31)(H,23,32)(H,24,33)(H,27,28)(H,29,30)(H,34,35). The lowest BCUT2D eigenvalue weighted by molar-refractivity contribution is -0.145. The molecule has 0 heterocycles. The average molecular weight is 505 g/mol. The van der Waals surface area contributed by atoms with E-state index >= 15 is 0 Å². The molecule has 0 saturated carbocycles. The van der Waals surface area contributed by atoms with Gasteiger partial charge in [-0.2, -0.15) is 0 Å². The Balaban J connectivity index is 5.61. The molecule has 0 bridgehead atoms. The number of amides is 4. The lowest BCUT2D eigenvalue weighted by Gasteiger charge is -2.25. The molecule has 11 N–H and O–H groups in total. The van der Waals surface area contributed by atoms with Crippen LogP contribution in [0.3, 0.4) is 0 Å². The Kier molecular flexibility index (Phi) is 13.5. The summed E-state index contributed by atoms with van der Waals surface area (Å²) in [5, 5.41) is 42.8. The van der Waals surface area contributed by atoms with Crippen molar-refractivity contribution in [2.24, 2.45) is 11.5 Å². The quantitative estimate of drug-likeness (QED) is 0.0920. The van der Waals surface area contributed by atoms with Gasteiger partial charge in [-0.3, -0.25) is 28.8 Å². The Labute approximate surface area is 199 Å². The first-order chi connectivity index (χ1) is 16.1. The zero-order valence-electron chi connectivity index (χ0n) is 18.9. The Morgan fingerprint density at radius 3 is 1.51 bits per heavy atom. The first kappa shape index (κ1) is 31.2. The Morgan fingerprint density at radius 2 is 1.14 bits per heavy atom. The lowest BCUT2D eigenvalue weighted by atomic mass is 10.1. The average Bonchev–Trinajstić information content (AvgIpc) is 2.74. The molecule has 198 valence electrons. The maximum absolute atomic E-state index is 12.8. The normalized spacial score (nSPS) is 14.9. The van der Waals surface area contributed by atoms with Gasteiger partial charge in [-0.1, -0.05) is 0 Å². The smallest absolute Gasteiger partial charge is 0.328 e. The number of aliphatic hydroxyl groups is 1. The summed E-state index contributed by atoms with van der Waals surface area (Å²) >= 11 is 0. The molecule has 0 aromatic heterocycles. The zero-order chi connectivity index (χ0) is 27.3. The number of aliphatic carboxylic acids is 3. The van der Waals surface area contributed by atoms with Crippen LogP contribution in [0, 0.1) is 0 Å². The van der Waals surface area contributed by atoms with E-state index in [4.69, 9.17) is 26.8 Å². The maximum Gasteiger partial charge on any atom is 0.328 e. The van der Waals surface area contributed by atoms with Gasteiger partial charge in [0.15, 0.2) is 6.04 Å². The van der Waals surface area contributed by atoms with Crippen molar-refractivity contribution in [3.63, 3.8) is 0 Å². The van der Waals surface area contributed by atoms with Crippen LogP contribution in [0.2, 0.25) is 0 Å². The van der Waals surface area contributed by atoms with E-state index in [1.807, 2.05) is 5.32 Å². The molecule has 0 saturated heterocycles. The fourth-order valence-electron chi connectivity index (χ4n) is 2.70. The summed E-state index contributed by atoms with van der Waals surface area (Å²) in [5.41, 5.74) is 10.6. The van der Waals surface area contributed by atoms with Crippen LogP contribution in [0.1, 0.15) is 45.4 Å². The van der Waals surface area contributed by atoms with Crippen molar-refractivity contribution in [3.8, 4) is 0 Å². The van der Waals surface area contributed by atoms with E-state index in [-0.39, 0.29) is 12.8 Å². The number of carboxylic acids is 3. The molecule has 4 amide bonds. The van der Waals surface area contributed by atoms with E-state index in [0.717, 1.165) is 6.92 Å². The summed E-state index contributed by atoms with van der Waals surface area (Å²) in [7, 11) is 0. The molecule has 0 aromatic carbocycles. The highest BCUT2D eigenvalue weighted by atomic mass is 16.4. The molecule has 0 aliphatic rings. The number of nitrogens with one attached hydrogen (secondary N) is 3. The predicted octanol–water partition coefficient (Wildman–Crippen LogP) is -3.77. The number of nitrogens with two attached hydrogens (primary N) is 2. The summed E-state index contributed by atoms with van der Waals surface area (Å²) < 4.78 is 0. The Morgan fingerprint density at radius 1 is 0.714 bits per heavy atom. The van der Waals surface area contributed by atoms with Crippen molar-refractivity contribution in [1.82, 2.24) is 16.0 Å². The van der Waals surface area contributed by atoms with Gasteiger partial charge in [0.1, 0.15) is 12.1 Å². The molecule has 5 atom stereocenters. The highest BCUT2D eigenvalue weighted by Gasteiger charge is 2.32. The predicted molar refractivity (Wildman–Crippen MR) is 115 cm³/mol. The van der Waals surface area contributed by atoms with Crippen LogP contribution < -0.4 is 27.4 Å². The van der Waals surface area contributed by atoms with Gasteiger partial charge in [-0.25, -0.2) is 4.79 Å².